The quantitative estimate of drug-likeness (QED) is 0.716. The van der Waals surface area contributed by atoms with Crippen LogP contribution in [0.5, 0.6) is 0 Å². The Balaban J connectivity index is 2.22. The standard InChI is InChI=1S/C14H12N4O2/c1-20-14(19)9-6-7-16-13(12(9)15)18-8-17-10-4-2-3-5-11(10)18/h2-8H,15H2,1H3. The van der Waals surface area contributed by atoms with Gasteiger partial charge in [0.25, 0.3) is 0 Å². The number of nitrogens with zero attached hydrogens (tertiary/aromatic N) is 3. The second-order valence-corrected chi connectivity index (χ2v) is 4.19. The molecule has 0 fully saturated rings. The third kappa shape index (κ3) is 1.78. The monoisotopic (exact) mass is 268 g/mol. The fourth-order valence-corrected chi connectivity index (χ4v) is 2.07. The Morgan fingerprint density at radius 3 is 2.85 bits per heavy atom. The molecule has 3 rings (SSSR count). The van der Waals surface area contributed by atoms with Crippen LogP contribution in [0.1, 0.15) is 10.4 Å². The number of fused-ring (bicyclic) bond motifs is 1. The topological polar surface area (TPSA) is 83.0 Å². The highest BCUT2D eigenvalue weighted by molar-refractivity contribution is 5.96. The molecule has 0 bridgehead atoms. The Labute approximate surface area is 114 Å². The van der Waals surface area contributed by atoms with Crippen molar-refractivity contribution in [2.24, 2.45) is 0 Å². The van der Waals surface area contributed by atoms with Crippen molar-refractivity contribution in [3.05, 3.63) is 48.4 Å². The van der Waals surface area contributed by atoms with Crippen LogP contribution in [-0.2, 0) is 4.74 Å². The van der Waals surface area contributed by atoms with Crippen LogP contribution < -0.4 is 5.73 Å². The van der Waals surface area contributed by atoms with Crippen molar-refractivity contribution in [3.63, 3.8) is 0 Å². The number of nitrogens with two attached hydrogens (primary N) is 1. The van der Waals surface area contributed by atoms with Gasteiger partial charge in [-0.2, -0.15) is 0 Å². The highest BCUT2D eigenvalue weighted by atomic mass is 16.5. The molecule has 0 aliphatic heterocycles. The van der Waals surface area contributed by atoms with Crippen LogP contribution in [-0.4, -0.2) is 27.6 Å². The number of carbonyl (C=O) groups excluding carboxylic acids is 1. The van der Waals surface area contributed by atoms with Crippen LogP contribution in [0.2, 0.25) is 0 Å². The molecule has 2 aromatic heterocycles. The van der Waals surface area contributed by atoms with Gasteiger partial charge in [0.15, 0.2) is 5.82 Å². The number of imidazole rings is 1. The van der Waals surface area contributed by atoms with Crippen LogP contribution in [0.25, 0.3) is 16.9 Å². The van der Waals surface area contributed by atoms with Crippen LogP contribution in [0, 0.1) is 0 Å². The van der Waals surface area contributed by atoms with Gasteiger partial charge in [-0.25, -0.2) is 14.8 Å². The van der Waals surface area contributed by atoms with E-state index in [0.29, 0.717) is 5.82 Å². The predicted molar refractivity (Wildman–Crippen MR) is 74.6 cm³/mol. The number of methoxy groups -OCH3 is 1. The van der Waals surface area contributed by atoms with E-state index >= 15 is 0 Å². The SMILES string of the molecule is COC(=O)c1ccnc(-n2cnc3ccccc32)c1N. The molecule has 0 saturated carbocycles. The molecule has 100 valence electrons. The number of hydrogen-bond acceptors (Lipinski definition) is 5. The number of carbonyl (C=O) groups is 1. The zero-order valence-corrected chi connectivity index (χ0v) is 10.8. The molecule has 2 N–H and O–H groups in total. The first kappa shape index (κ1) is 12.2. The van der Waals surface area contributed by atoms with Crippen molar-refractivity contribution in [2.75, 3.05) is 12.8 Å². The average Bonchev–Trinajstić information content (AvgIpc) is 2.90. The van der Waals surface area contributed by atoms with Gasteiger partial charge >= 0.3 is 5.97 Å². The van der Waals surface area contributed by atoms with Crippen molar-refractivity contribution in [2.45, 2.75) is 0 Å². The maximum atomic E-state index is 11.7. The first-order chi connectivity index (χ1) is 9.72. The van der Waals surface area contributed by atoms with E-state index in [9.17, 15) is 4.79 Å². The van der Waals surface area contributed by atoms with E-state index in [-0.39, 0.29) is 11.3 Å². The molecular weight excluding hydrogens is 256 g/mol. The van der Waals surface area contributed by atoms with Crippen molar-refractivity contribution in [1.29, 1.82) is 0 Å². The zero-order valence-electron chi connectivity index (χ0n) is 10.8. The Bertz CT molecular complexity index is 795. The Morgan fingerprint density at radius 2 is 2.05 bits per heavy atom. The van der Waals surface area contributed by atoms with E-state index in [1.807, 2.05) is 24.3 Å². The number of rotatable bonds is 2. The number of esters is 1. The first-order valence-electron chi connectivity index (χ1n) is 5.97. The van der Waals surface area contributed by atoms with Gasteiger partial charge in [-0.3, -0.25) is 4.57 Å². The van der Waals surface area contributed by atoms with Gasteiger partial charge < -0.3 is 10.5 Å². The summed E-state index contributed by atoms with van der Waals surface area (Å²) in [5, 5.41) is 0. The minimum Gasteiger partial charge on any atom is -0.465 e. The number of pyridine rings is 1. The second-order valence-electron chi connectivity index (χ2n) is 4.19. The molecule has 0 spiro atoms. The summed E-state index contributed by atoms with van der Waals surface area (Å²) in [4.78, 5) is 20.2. The highest BCUT2D eigenvalue weighted by Gasteiger charge is 2.16. The van der Waals surface area contributed by atoms with E-state index in [4.69, 9.17) is 10.5 Å². The molecule has 6 heteroatoms. The Hall–Kier alpha value is -2.89. The van der Waals surface area contributed by atoms with E-state index in [0.717, 1.165) is 11.0 Å². The highest BCUT2D eigenvalue weighted by Crippen LogP contribution is 2.23. The number of hydrogen-bond donors (Lipinski definition) is 1. The minimum atomic E-state index is -0.490. The van der Waals surface area contributed by atoms with E-state index in [2.05, 4.69) is 9.97 Å². The lowest BCUT2D eigenvalue weighted by atomic mass is 10.2. The molecule has 20 heavy (non-hydrogen) atoms. The Kier molecular flexibility index (Phi) is 2.83. The molecule has 6 nitrogen and oxygen atoms in total. The minimum absolute atomic E-state index is 0.266. The molecule has 0 aliphatic carbocycles. The second kappa shape index (κ2) is 4.65. The number of ether oxygens (including phenoxy) is 1. The fourth-order valence-electron chi connectivity index (χ4n) is 2.07. The largest absolute Gasteiger partial charge is 0.465 e. The molecule has 0 aliphatic rings. The number of para-hydroxylation sites is 2. The van der Waals surface area contributed by atoms with Gasteiger partial charge in [0.1, 0.15) is 6.33 Å². The molecule has 0 unspecified atom stereocenters. The van der Waals surface area contributed by atoms with Gasteiger partial charge in [-0.05, 0) is 18.2 Å². The third-order valence-electron chi connectivity index (χ3n) is 3.06. The third-order valence-corrected chi connectivity index (χ3v) is 3.06. The lowest BCUT2D eigenvalue weighted by molar-refractivity contribution is 0.0602. The van der Waals surface area contributed by atoms with Crippen LogP contribution in [0.15, 0.2) is 42.9 Å². The summed E-state index contributed by atoms with van der Waals surface area (Å²) in [6.45, 7) is 0. The van der Waals surface area contributed by atoms with Crippen molar-refractivity contribution in [3.8, 4) is 5.82 Å². The molecule has 0 atom stereocenters. The van der Waals surface area contributed by atoms with Crippen molar-refractivity contribution < 1.29 is 9.53 Å². The number of aromatic nitrogens is 3. The van der Waals surface area contributed by atoms with E-state index in [1.165, 1.54) is 19.4 Å². The van der Waals surface area contributed by atoms with Crippen LogP contribution in [0.3, 0.4) is 0 Å². The van der Waals surface area contributed by atoms with Gasteiger partial charge in [0, 0.05) is 6.20 Å². The van der Waals surface area contributed by atoms with E-state index < -0.39 is 5.97 Å². The Morgan fingerprint density at radius 1 is 1.25 bits per heavy atom. The van der Waals surface area contributed by atoms with Crippen LogP contribution in [0.4, 0.5) is 5.69 Å². The summed E-state index contributed by atoms with van der Waals surface area (Å²) in [7, 11) is 1.31. The molecule has 3 aromatic rings. The van der Waals surface area contributed by atoms with Crippen molar-refractivity contribution >= 4 is 22.7 Å². The molecule has 0 amide bonds. The van der Waals surface area contributed by atoms with Gasteiger partial charge in [-0.15, -0.1) is 0 Å². The lowest BCUT2D eigenvalue weighted by Crippen LogP contribution is -2.10. The molecule has 1 aromatic carbocycles. The summed E-state index contributed by atoms with van der Waals surface area (Å²) in [6.07, 6.45) is 3.15. The summed E-state index contributed by atoms with van der Waals surface area (Å²) in [6, 6.07) is 9.15. The summed E-state index contributed by atoms with van der Waals surface area (Å²) < 4.78 is 6.45. The smallest absolute Gasteiger partial charge is 0.340 e. The van der Waals surface area contributed by atoms with E-state index in [1.54, 1.807) is 10.9 Å². The number of anilines is 1. The molecular formula is C14H12N4O2. The summed E-state index contributed by atoms with van der Waals surface area (Å²) in [5.74, 6) is -0.0304. The zero-order chi connectivity index (χ0) is 14.1. The predicted octanol–water partition coefficient (Wildman–Crippen LogP) is 1.79. The van der Waals surface area contributed by atoms with Crippen molar-refractivity contribution in [1.82, 2.24) is 14.5 Å². The number of nitrogen functional groups attached to an aromatic ring is 1. The maximum Gasteiger partial charge on any atom is 0.340 e. The van der Waals surface area contributed by atoms with Gasteiger partial charge in [0.05, 0.1) is 29.4 Å². The van der Waals surface area contributed by atoms with Crippen LogP contribution >= 0.6 is 0 Å². The van der Waals surface area contributed by atoms with Gasteiger partial charge in [0.2, 0.25) is 0 Å². The summed E-state index contributed by atoms with van der Waals surface area (Å²) in [5.41, 5.74) is 8.28. The molecule has 2 heterocycles. The normalized spacial score (nSPS) is 10.7. The maximum absolute atomic E-state index is 11.7. The fraction of sp³-hybridized carbons (Fsp3) is 0.0714. The molecule has 0 radical (unpaired) electrons. The lowest BCUT2D eigenvalue weighted by Gasteiger charge is -2.09. The number of benzene rings is 1. The first-order valence-corrected chi connectivity index (χ1v) is 5.97. The molecule has 0 saturated heterocycles. The van der Waals surface area contributed by atoms with Gasteiger partial charge in [-0.1, -0.05) is 12.1 Å². The summed E-state index contributed by atoms with van der Waals surface area (Å²) >= 11 is 0. The average molecular weight is 268 g/mol.